The Morgan fingerprint density at radius 3 is 2.42 bits per heavy atom. The lowest BCUT2D eigenvalue weighted by atomic mass is 10.0. The fourth-order valence-electron chi connectivity index (χ4n) is 2.00. The van der Waals surface area contributed by atoms with E-state index in [1.807, 2.05) is 0 Å². The maximum Gasteiger partial charge on any atom is -0.0228 e. The van der Waals surface area contributed by atoms with Crippen LogP contribution in [0.25, 0.3) is 0 Å². The van der Waals surface area contributed by atoms with Crippen LogP contribution in [-0.4, -0.2) is 0 Å². The molecule has 0 heteroatoms. The Bertz CT molecular complexity index is 165. The Morgan fingerprint density at radius 2 is 1.83 bits per heavy atom. The third-order valence-electron chi connectivity index (χ3n) is 2.62. The summed E-state index contributed by atoms with van der Waals surface area (Å²) in [5.41, 5.74) is 0. The van der Waals surface area contributed by atoms with Crippen molar-refractivity contribution in [1.82, 2.24) is 0 Å². The molecule has 68 valence electrons. The monoisotopic (exact) mass is 164 g/mol. The van der Waals surface area contributed by atoms with E-state index < -0.39 is 0 Å². The van der Waals surface area contributed by atoms with Crippen molar-refractivity contribution in [2.24, 2.45) is 11.8 Å². The summed E-state index contributed by atoms with van der Waals surface area (Å²) in [6.07, 6.45) is 14.6. The van der Waals surface area contributed by atoms with Gasteiger partial charge in [0.25, 0.3) is 0 Å². The van der Waals surface area contributed by atoms with Gasteiger partial charge in [0.1, 0.15) is 0 Å². The molecule has 0 aromatic heterocycles. The lowest BCUT2D eigenvalue weighted by Gasteiger charge is -2.02. The van der Waals surface area contributed by atoms with E-state index in [-0.39, 0.29) is 0 Å². The van der Waals surface area contributed by atoms with Crippen molar-refractivity contribution in [3.8, 4) is 0 Å². The molecule has 0 saturated heterocycles. The topological polar surface area (TPSA) is 0 Å². The molecule has 0 bridgehead atoms. The molecular weight excluding hydrogens is 144 g/mol. The smallest absolute Gasteiger partial charge is 0.0228 e. The fraction of sp³-hybridized carbons (Fsp3) is 0.667. The molecule has 0 N–H and O–H groups in total. The third-order valence-corrected chi connectivity index (χ3v) is 2.62. The van der Waals surface area contributed by atoms with Crippen molar-refractivity contribution < 1.29 is 0 Å². The minimum atomic E-state index is 0.863. The summed E-state index contributed by atoms with van der Waals surface area (Å²) in [5, 5.41) is 0. The molecule has 0 spiro atoms. The van der Waals surface area contributed by atoms with Crippen molar-refractivity contribution in [2.45, 2.75) is 39.5 Å². The molecule has 1 saturated carbocycles. The van der Waals surface area contributed by atoms with E-state index in [1.165, 1.54) is 25.7 Å². The number of hydrogen-bond donors (Lipinski definition) is 0. The molecule has 2 atom stereocenters. The van der Waals surface area contributed by atoms with Crippen LogP contribution in [0, 0.1) is 11.8 Å². The molecule has 1 aliphatic carbocycles. The molecule has 0 aromatic carbocycles. The van der Waals surface area contributed by atoms with E-state index in [1.54, 1.807) is 0 Å². The van der Waals surface area contributed by atoms with Gasteiger partial charge in [-0.2, -0.15) is 0 Å². The van der Waals surface area contributed by atoms with Crippen LogP contribution in [0.15, 0.2) is 24.3 Å². The average Bonchev–Trinajstić information content (AvgIpc) is 2.50. The van der Waals surface area contributed by atoms with Crippen molar-refractivity contribution in [2.75, 3.05) is 0 Å². The third kappa shape index (κ3) is 2.84. The van der Waals surface area contributed by atoms with E-state index in [0.29, 0.717) is 0 Å². The molecule has 0 amide bonds. The van der Waals surface area contributed by atoms with Crippen LogP contribution in [0.5, 0.6) is 0 Å². The summed E-state index contributed by atoms with van der Waals surface area (Å²) in [4.78, 5) is 0. The molecule has 1 aliphatic rings. The highest BCUT2D eigenvalue weighted by molar-refractivity contribution is 4.98. The van der Waals surface area contributed by atoms with Crippen molar-refractivity contribution in [3.63, 3.8) is 0 Å². The zero-order valence-corrected chi connectivity index (χ0v) is 8.29. The number of rotatable bonds is 3. The van der Waals surface area contributed by atoms with E-state index >= 15 is 0 Å². The molecule has 2 unspecified atom stereocenters. The predicted octanol–water partition coefficient (Wildman–Crippen LogP) is 3.95. The quantitative estimate of drug-likeness (QED) is 0.554. The van der Waals surface area contributed by atoms with Crippen molar-refractivity contribution >= 4 is 0 Å². The first-order chi connectivity index (χ1) is 5.86. The first-order valence-corrected chi connectivity index (χ1v) is 5.16. The second kappa shape index (κ2) is 5.18. The largest absolute Gasteiger partial charge is 0.0914 e. The summed E-state index contributed by atoms with van der Waals surface area (Å²) < 4.78 is 0. The van der Waals surface area contributed by atoms with Gasteiger partial charge in [-0.25, -0.2) is 0 Å². The highest BCUT2D eigenvalue weighted by Gasteiger charge is 2.19. The van der Waals surface area contributed by atoms with E-state index in [2.05, 4.69) is 38.2 Å². The molecule has 0 radical (unpaired) electrons. The highest BCUT2D eigenvalue weighted by Crippen LogP contribution is 2.32. The van der Waals surface area contributed by atoms with Crippen LogP contribution in [0.1, 0.15) is 39.5 Å². The zero-order valence-electron chi connectivity index (χ0n) is 8.29. The summed E-state index contributed by atoms with van der Waals surface area (Å²) in [7, 11) is 0. The molecule has 0 nitrogen and oxygen atoms in total. The lowest BCUT2D eigenvalue weighted by molar-refractivity contribution is 0.637. The molecule has 12 heavy (non-hydrogen) atoms. The maximum atomic E-state index is 2.41. The summed E-state index contributed by atoms with van der Waals surface area (Å²) in [5.74, 6) is 1.73. The van der Waals surface area contributed by atoms with Crippen LogP contribution in [0.4, 0.5) is 0 Å². The van der Waals surface area contributed by atoms with Gasteiger partial charge >= 0.3 is 0 Å². The molecule has 0 aromatic rings. The van der Waals surface area contributed by atoms with Crippen LogP contribution >= 0.6 is 0 Å². The van der Waals surface area contributed by atoms with E-state index in [0.717, 1.165) is 11.8 Å². The summed E-state index contributed by atoms with van der Waals surface area (Å²) >= 11 is 0. The summed E-state index contributed by atoms with van der Waals surface area (Å²) in [6.45, 7) is 4.32. The van der Waals surface area contributed by atoms with Gasteiger partial charge in [-0.1, -0.05) is 31.2 Å². The van der Waals surface area contributed by atoms with Gasteiger partial charge in [0, 0.05) is 0 Å². The Kier molecular flexibility index (Phi) is 4.13. The van der Waals surface area contributed by atoms with Gasteiger partial charge < -0.3 is 0 Å². The van der Waals surface area contributed by atoms with Gasteiger partial charge in [-0.3, -0.25) is 0 Å². The van der Waals surface area contributed by atoms with Crippen molar-refractivity contribution in [1.29, 1.82) is 0 Å². The Hall–Kier alpha value is -0.520. The highest BCUT2D eigenvalue weighted by atomic mass is 14.2. The standard InChI is InChI=1S/C12H20/c1-3-5-7-12-9-8-11(10-12)6-4-2/h4-7,11-12H,3,8-10H2,1-2H3. The second-order valence-corrected chi connectivity index (χ2v) is 3.70. The molecule has 0 heterocycles. The maximum absolute atomic E-state index is 2.41. The fourth-order valence-corrected chi connectivity index (χ4v) is 2.00. The lowest BCUT2D eigenvalue weighted by Crippen LogP contribution is -1.89. The van der Waals surface area contributed by atoms with Crippen LogP contribution in [0.3, 0.4) is 0 Å². The van der Waals surface area contributed by atoms with Crippen LogP contribution < -0.4 is 0 Å². The molecule has 1 rings (SSSR count). The first-order valence-electron chi connectivity index (χ1n) is 5.16. The van der Waals surface area contributed by atoms with Gasteiger partial charge in [0.15, 0.2) is 0 Å². The molecular formula is C12H20. The molecule has 0 aliphatic heterocycles. The first kappa shape index (κ1) is 9.57. The van der Waals surface area contributed by atoms with Gasteiger partial charge in [-0.15, -0.1) is 0 Å². The Labute approximate surface area is 76.4 Å². The Morgan fingerprint density at radius 1 is 1.17 bits per heavy atom. The van der Waals surface area contributed by atoms with E-state index in [9.17, 15) is 0 Å². The Balaban J connectivity index is 2.30. The molecule has 1 fully saturated rings. The second-order valence-electron chi connectivity index (χ2n) is 3.70. The average molecular weight is 164 g/mol. The SMILES string of the molecule is CC=CC1CCC(C=CCC)C1. The zero-order chi connectivity index (χ0) is 8.81. The van der Waals surface area contributed by atoms with E-state index in [4.69, 9.17) is 0 Å². The number of hydrogen-bond acceptors (Lipinski definition) is 0. The minimum Gasteiger partial charge on any atom is -0.0914 e. The normalized spacial score (nSPS) is 30.8. The van der Waals surface area contributed by atoms with Gasteiger partial charge in [-0.05, 0) is 44.4 Å². The summed E-state index contributed by atoms with van der Waals surface area (Å²) in [6, 6.07) is 0. The minimum absolute atomic E-state index is 0.863. The van der Waals surface area contributed by atoms with Crippen molar-refractivity contribution in [3.05, 3.63) is 24.3 Å². The van der Waals surface area contributed by atoms with Crippen LogP contribution in [-0.2, 0) is 0 Å². The predicted molar refractivity (Wildman–Crippen MR) is 55.1 cm³/mol. The van der Waals surface area contributed by atoms with Crippen LogP contribution in [0.2, 0.25) is 0 Å². The van der Waals surface area contributed by atoms with Gasteiger partial charge in [0.05, 0.1) is 0 Å². The number of allylic oxidation sites excluding steroid dienone is 4. The van der Waals surface area contributed by atoms with Gasteiger partial charge in [0.2, 0.25) is 0 Å².